The number of anilines is 2. The third-order valence-electron chi connectivity index (χ3n) is 6.48. The molecule has 9 heteroatoms. The SMILES string of the molecule is C[C@H]1CN(c2ccccn2)CCN1c1nc2cc(C(=O)O)ccc2nc1-c1ccc2[nH]ncc2c1. The number of carboxylic acid groups (broad SMARTS) is 1. The molecule has 0 aliphatic carbocycles. The fraction of sp³-hybridized carbons (Fsp3) is 0.192. The van der Waals surface area contributed by atoms with Crippen LogP contribution >= 0.6 is 0 Å². The van der Waals surface area contributed by atoms with Gasteiger partial charge in [0, 0.05) is 42.8 Å². The predicted octanol–water partition coefficient (Wildman–Crippen LogP) is 3.98. The number of piperazine rings is 1. The van der Waals surface area contributed by atoms with Gasteiger partial charge in [-0.05, 0) is 49.4 Å². The average Bonchev–Trinajstić information content (AvgIpc) is 3.36. The number of aromatic carboxylic acids is 1. The van der Waals surface area contributed by atoms with Gasteiger partial charge in [0.1, 0.15) is 11.5 Å². The second kappa shape index (κ2) is 8.35. The van der Waals surface area contributed by atoms with Crippen LogP contribution in [-0.2, 0) is 0 Å². The molecule has 9 nitrogen and oxygen atoms in total. The normalized spacial score (nSPS) is 16.2. The van der Waals surface area contributed by atoms with Crippen molar-refractivity contribution in [2.75, 3.05) is 29.4 Å². The van der Waals surface area contributed by atoms with Gasteiger partial charge in [0.05, 0.1) is 28.3 Å². The molecular weight excluding hydrogens is 442 g/mol. The van der Waals surface area contributed by atoms with Crippen molar-refractivity contribution in [3.63, 3.8) is 0 Å². The Morgan fingerprint density at radius 2 is 1.97 bits per heavy atom. The summed E-state index contributed by atoms with van der Waals surface area (Å²) in [5, 5.41) is 17.6. The van der Waals surface area contributed by atoms with Crippen molar-refractivity contribution in [2.45, 2.75) is 13.0 Å². The van der Waals surface area contributed by atoms with Gasteiger partial charge in [0.2, 0.25) is 0 Å². The molecule has 1 saturated heterocycles. The van der Waals surface area contributed by atoms with E-state index in [1.807, 2.05) is 36.5 Å². The molecule has 35 heavy (non-hydrogen) atoms. The molecule has 174 valence electrons. The highest BCUT2D eigenvalue weighted by Gasteiger charge is 2.28. The van der Waals surface area contributed by atoms with Crippen LogP contribution in [0.15, 0.2) is 67.0 Å². The topological polar surface area (TPSA) is 111 Å². The molecule has 0 radical (unpaired) electrons. The fourth-order valence-corrected chi connectivity index (χ4v) is 4.68. The smallest absolute Gasteiger partial charge is 0.335 e. The van der Waals surface area contributed by atoms with Gasteiger partial charge >= 0.3 is 5.97 Å². The molecule has 1 aliphatic heterocycles. The monoisotopic (exact) mass is 465 g/mol. The van der Waals surface area contributed by atoms with E-state index in [2.05, 4.69) is 38.0 Å². The summed E-state index contributed by atoms with van der Waals surface area (Å²) in [7, 11) is 0. The van der Waals surface area contributed by atoms with Crippen LogP contribution in [0.5, 0.6) is 0 Å². The van der Waals surface area contributed by atoms with Crippen molar-refractivity contribution >= 4 is 39.5 Å². The molecule has 0 bridgehead atoms. The van der Waals surface area contributed by atoms with E-state index in [1.165, 1.54) is 0 Å². The van der Waals surface area contributed by atoms with Crippen molar-refractivity contribution < 1.29 is 9.90 Å². The number of carboxylic acids is 1. The first kappa shape index (κ1) is 21.0. The molecule has 2 N–H and O–H groups in total. The van der Waals surface area contributed by atoms with Crippen LogP contribution in [-0.4, -0.2) is 61.9 Å². The minimum absolute atomic E-state index is 0.136. The minimum Gasteiger partial charge on any atom is -0.478 e. The van der Waals surface area contributed by atoms with Gasteiger partial charge in [-0.25, -0.2) is 19.7 Å². The second-order valence-electron chi connectivity index (χ2n) is 8.75. The minimum atomic E-state index is -0.984. The van der Waals surface area contributed by atoms with Crippen molar-refractivity contribution in [1.29, 1.82) is 0 Å². The zero-order valence-corrected chi connectivity index (χ0v) is 19.1. The summed E-state index contributed by atoms with van der Waals surface area (Å²) in [6.07, 6.45) is 3.60. The Hall–Kier alpha value is -4.53. The van der Waals surface area contributed by atoms with Gasteiger partial charge in [0.25, 0.3) is 0 Å². The molecule has 0 unspecified atom stereocenters. The Bertz CT molecular complexity index is 1550. The van der Waals surface area contributed by atoms with Gasteiger partial charge in [0.15, 0.2) is 5.82 Å². The van der Waals surface area contributed by atoms with E-state index in [0.717, 1.165) is 53.4 Å². The highest BCUT2D eigenvalue weighted by Crippen LogP contribution is 2.34. The number of benzene rings is 2. The second-order valence-corrected chi connectivity index (χ2v) is 8.75. The number of hydrogen-bond acceptors (Lipinski definition) is 7. The lowest BCUT2D eigenvalue weighted by Gasteiger charge is -2.41. The first-order valence-electron chi connectivity index (χ1n) is 11.5. The quantitative estimate of drug-likeness (QED) is 0.410. The predicted molar refractivity (Wildman–Crippen MR) is 135 cm³/mol. The lowest BCUT2D eigenvalue weighted by atomic mass is 10.1. The standard InChI is InChI=1S/C26H23N7O2/c1-16-15-32(23-4-2-3-9-27-23)10-11-33(16)25-24(17-5-7-20-19(12-17)14-28-31-20)29-21-8-6-18(26(34)35)13-22(21)30-25/h2-9,12-14,16H,10-11,15H2,1H3,(H,28,31)(H,34,35)/t16-/m0/s1. The molecule has 3 aromatic heterocycles. The highest BCUT2D eigenvalue weighted by molar-refractivity contribution is 5.94. The molecule has 0 amide bonds. The van der Waals surface area contributed by atoms with Crippen molar-refractivity contribution in [3.05, 3.63) is 72.6 Å². The molecule has 4 heterocycles. The van der Waals surface area contributed by atoms with E-state index >= 15 is 0 Å². The molecule has 1 aliphatic rings. The molecular formula is C26H23N7O2. The molecule has 0 saturated carbocycles. The molecule has 6 rings (SSSR count). The van der Waals surface area contributed by atoms with Gasteiger partial charge in [-0.1, -0.05) is 12.1 Å². The summed E-state index contributed by atoms with van der Waals surface area (Å²) in [4.78, 5) is 30.5. The number of nitrogens with zero attached hydrogens (tertiary/aromatic N) is 6. The number of rotatable bonds is 4. The molecule has 2 aromatic carbocycles. The number of nitrogens with one attached hydrogen (secondary N) is 1. The van der Waals surface area contributed by atoms with Gasteiger partial charge < -0.3 is 14.9 Å². The van der Waals surface area contributed by atoms with Crippen LogP contribution in [0.3, 0.4) is 0 Å². The Balaban J connectivity index is 1.46. The van der Waals surface area contributed by atoms with Gasteiger partial charge in [-0.15, -0.1) is 0 Å². The fourth-order valence-electron chi connectivity index (χ4n) is 4.68. The summed E-state index contributed by atoms with van der Waals surface area (Å²) in [5.41, 5.74) is 4.06. The lowest BCUT2D eigenvalue weighted by molar-refractivity contribution is 0.0697. The van der Waals surface area contributed by atoms with Crippen LogP contribution in [0.1, 0.15) is 17.3 Å². The first-order chi connectivity index (χ1) is 17.1. The van der Waals surface area contributed by atoms with E-state index < -0.39 is 5.97 Å². The molecule has 1 atom stereocenters. The van der Waals surface area contributed by atoms with Crippen LogP contribution < -0.4 is 9.80 Å². The van der Waals surface area contributed by atoms with Crippen molar-refractivity contribution in [1.82, 2.24) is 25.1 Å². The number of aromatic nitrogens is 5. The maximum atomic E-state index is 11.6. The maximum absolute atomic E-state index is 11.6. The third kappa shape index (κ3) is 3.80. The van der Waals surface area contributed by atoms with Gasteiger partial charge in [-0.3, -0.25) is 5.10 Å². The summed E-state index contributed by atoms with van der Waals surface area (Å²) >= 11 is 0. The summed E-state index contributed by atoms with van der Waals surface area (Å²) in [6, 6.07) is 17.0. The number of carbonyl (C=O) groups is 1. The number of H-pyrrole nitrogens is 1. The molecule has 0 spiro atoms. The number of aromatic amines is 1. The van der Waals surface area contributed by atoms with E-state index in [1.54, 1.807) is 24.4 Å². The number of fused-ring (bicyclic) bond motifs is 2. The highest BCUT2D eigenvalue weighted by atomic mass is 16.4. The third-order valence-corrected chi connectivity index (χ3v) is 6.48. The zero-order valence-electron chi connectivity index (χ0n) is 19.1. The van der Waals surface area contributed by atoms with Gasteiger partial charge in [-0.2, -0.15) is 5.10 Å². The summed E-state index contributed by atoms with van der Waals surface area (Å²) in [6.45, 7) is 4.47. The average molecular weight is 466 g/mol. The van der Waals surface area contributed by atoms with E-state index in [0.29, 0.717) is 11.0 Å². The molecule has 1 fully saturated rings. The van der Waals surface area contributed by atoms with Crippen LogP contribution in [0.2, 0.25) is 0 Å². The van der Waals surface area contributed by atoms with E-state index in [-0.39, 0.29) is 11.6 Å². The van der Waals surface area contributed by atoms with Crippen LogP contribution in [0, 0.1) is 0 Å². The Morgan fingerprint density at radius 3 is 2.77 bits per heavy atom. The van der Waals surface area contributed by atoms with Crippen LogP contribution in [0.25, 0.3) is 33.2 Å². The summed E-state index contributed by atoms with van der Waals surface area (Å²) in [5.74, 6) is 0.721. The number of pyridine rings is 1. The number of hydrogen-bond donors (Lipinski definition) is 2. The largest absolute Gasteiger partial charge is 0.478 e. The summed E-state index contributed by atoms with van der Waals surface area (Å²) < 4.78 is 0. The lowest BCUT2D eigenvalue weighted by Crippen LogP contribution is -2.52. The van der Waals surface area contributed by atoms with Crippen LogP contribution in [0.4, 0.5) is 11.6 Å². The maximum Gasteiger partial charge on any atom is 0.335 e. The Labute approximate surface area is 201 Å². The van der Waals surface area contributed by atoms with E-state index in [9.17, 15) is 9.90 Å². The Kier molecular flexibility index (Phi) is 5.02. The van der Waals surface area contributed by atoms with E-state index in [4.69, 9.17) is 9.97 Å². The van der Waals surface area contributed by atoms with Crippen molar-refractivity contribution in [3.8, 4) is 11.3 Å². The van der Waals surface area contributed by atoms with Crippen molar-refractivity contribution in [2.24, 2.45) is 0 Å². The Morgan fingerprint density at radius 1 is 1.06 bits per heavy atom. The first-order valence-corrected chi connectivity index (χ1v) is 11.5. The zero-order chi connectivity index (χ0) is 23.9. The molecule has 5 aromatic rings.